The summed E-state index contributed by atoms with van der Waals surface area (Å²) in [6.07, 6.45) is 7.35. The standard InChI is InChI=1S/C14H25NO/c1-2-15-13(8-16)14-11-4-9-3-10(6-11)7-12(14)5-9/h9-16H,2-8H2,1H3. The largest absolute Gasteiger partial charge is 0.395 e. The molecule has 0 radical (unpaired) electrons. The van der Waals surface area contributed by atoms with Gasteiger partial charge in [0, 0.05) is 6.04 Å². The number of aliphatic hydroxyl groups excluding tert-OH is 1. The predicted octanol–water partition coefficient (Wildman–Crippen LogP) is 2.03. The van der Waals surface area contributed by atoms with Gasteiger partial charge in [-0.3, -0.25) is 0 Å². The second kappa shape index (κ2) is 4.30. The van der Waals surface area contributed by atoms with E-state index in [2.05, 4.69) is 12.2 Å². The van der Waals surface area contributed by atoms with E-state index in [1.165, 1.54) is 32.1 Å². The molecule has 16 heavy (non-hydrogen) atoms. The Morgan fingerprint density at radius 2 is 1.62 bits per heavy atom. The normalized spacial score (nSPS) is 47.2. The molecule has 2 N–H and O–H groups in total. The fraction of sp³-hybridized carbons (Fsp3) is 1.00. The molecule has 1 atom stereocenters. The first-order chi connectivity index (χ1) is 7.81. The smallest absolute Gasteiger partial charge is 0.0587 e. The Labute approximate surface area is 98.8 Å². The van der Waals surface area contributed by atoms with Gasteiger partial charge >= 0.3 is 0 Å². The summed E-state index contributed by atoms with van der Waals surface area (Å²) in [6, 6.07) is 0.375. The number of rotatable bonds is 4. The number of hydrogen-bond donors (Lipinski definition) is 2. The molecule has 4 bridgehead atoms. The van der Waals surface area contributed by atoms with Gasteiger partial charge in [0.25, 0.3) is 0 Å². The molecule has 0 aromatic heterocycles. The fourth-order valence-corrected chi connectivity index (χ4v) is 5.21. The van der Waals surface area contributed by atoms with E-state index < -0.39 is 0 Å². The first-order valence-corrected chi connectivity index (χ1v) is 7.16. The monoisotopic (exact) mass is 223 g/mol. The summed E-state index contributed by atoms with van der Waals surface area (Å²) in [5, 5.41) is 13.1. The molecular weight excluding hydrogens is 198 g/mol. The lowest BCUT2D eigenvalue weighted by molar-refractivity contribution is -0.0587. The highest BCUT2D eigenvalue weighted by molar-refractivity contribution is 5.01. The maximum absolute atomic E-state index is 9.58. The lowest BCUT2D eigenvalue weighted by Crippen LogP contribution is -2.54. The van der Waals surface area contributed by atoms with E-state index in [4.69, 9.17) is 0 Å². The molecule has 4 aliphatic rings. The number of hydrogen-bond acceptors (Lipinski definition) is 2. The van der Waals surface area contributed by atoms with Crippen LogP contribution in [0.4, 0.5) is 0 Å². The van der Waals surface area contributed by atoms with Crippen molar-refractivity contribution in [3.63, 3.8) is 0 Å². The third-order valence-corrected chi connectivity index (χ3v) is 5.43. The van der Waals surface area contributed by atoms with Gasteiger partial charge in [-0.15, -0.1) is 0 Å². The summed E-state index contributed by atoms with van der Waals surface area (Å²) >= 11 is 0. The van der Waals surface area contributed by atoms with Gasteiger partial charge in [-0.1, -0.05) is 6.92 Å². The molecule has 0 aromatic carbocycles. The topological polar surface area (TPSA) is 32.3 Å². The second-order valence-corrected chi connectivity index (χ2v) is 6.35. The van der Waals surface area contributed by atoms with Gasteiger partial charge in [-0.25, -0.2) is 0 Å². The van der Waals surface area contributed by atoms with Gasteiger partial charge in [-0.2, -0.15) is 0 Å². The molecule has 0 amide bonds. The summed E-state index contributed by atoms with van der Waals surface area (Å²) in [5.74, 6) is 4.71. The van der Waals surface area contributed by atoms with E-state index in [0.717, 1.165) is 36.1 Å². The Morgan fingerprint density at radius 1 is 1.06 bits per heavy atom. The minimum Gasteiger partial charge on any atom is -0.395 e. The van der Waals surface area contributed by atoms with Crippen molar-refractivity contribution in [1.29, 1.82) is 0 Å². The molecule has 4 fully saturated rings. The van der Waals surface area contributed by atoms with Crippen LogP contribution < -0.4 is 5.32 Å². The maximum Gasteiger partial charge on any atom is 0.0587 e. The zero-order chi connectivity index (χ0) is 11.1. The summed E-state index contributed by atoms with van der Waals surface area (Å²) in [4.78, 5) is 0. The van der Waals surface area contributed by atoms with Crippen LogP contribution in [0.25, 0.3) is 0 Å². The molecule has 2 heteroatoms. The van der Waals surface area contributed by atoms with E-state index in [-0.39, 0.29) is 0 Å². The zero-order valence-electron chi connectivity index (χ0n) is 10.4. The minimum atomic E-state index is 0.334. The summed E-state index contributed by atoms with van der Waals surface area (Å²) in [5.41, 5.74) is 0. The Morgan fingerprint density at radius 3 is 2.06 bits per heavy atom. The molecule has 0 spiro atoms. The van der Waals surface area contributed by atoms with Crippen LogP contribution >= 0.6 is 0 Å². The highest BCUT2D eigenvalue weighted by Crippen LogP contribution is 2.57. The Hall–Kier alpha value is -0.0800. The van der Waals surface area contributed by atoms with Crippen LogP contribution in [-0.4, -0.2) is 24.3 Å². The summed E-state index contributed by atoms with van der Waals surface area (Å²) in [7, 11) is 0. The van der Waals surface area contributed by atoms with Crippen LogP contribution in [0.15, 0.2) is 0 Å². The van der Waals surface area contributed by atoms with Crippen LogP contribution in [0.1, 0.15) is 39.0 Å². The third-order valence-electron chi connectivity index (χ3n) is 5.43. The maximum atomic E-state index is 9.58. The van der Waals surface area contributed by atoms with Crippen molar-refractivity contribution in [2.75, 3.05) is 13.2 Å². The molecule has 4 saturated carbocycles. The number of likely N-dealkylation sites (N-methyl/N-ethyl adjacent to an activating group) is 1. The van der Waals surface area contributed by atoms with Crippen LogP contribution in [-0.2, 0) is 0 Å². The van der Waals surface area contributed by atoms with E-state index in [1.54, 1.807) is 0 Å². The van der Waals surface area contributed by atoms with E-state index >= 15 is 0 Å². The molecule has 4 aliphatic carbocycles. The lowest BCUT2D eigenvalue weighted by atomic mass is 9.50. The Balaban J connectivity index is 1.75. The van der Waals surface area contributed by atoms with Gasteiger partial charge in [0.05, 0.1) is 6.61 Å². The average Bonchev–Trinajstić information content (AvgIpc) is 2.26. The van der Waals surface area contributed by atoms with Gasteiger partial charge < -0.3 is 10.4 Å². The van der Waals surface area contributed by atoms with Crippen molar-refractivity contribution in [2.45, 2.75) is 45.1 Å². The van der Waals surface area contributed by atoms with Crippen molar-refractivity contribution < 1.29 is 5.11 Å². The average molecular weight is 223 g/mol. The van der Waals surface area contributed by atoms with Crippen molar-refractivity contribution in [1.82, 2.24) is 5.32 Å². The third kappa shape index (κ3) is 1.70. The molecule has 0 heterocycles. The number of nitrogens with one attached hydrogen (secondary N) is 1. The number of aliphatic hydroxyl groups is 1. The highest BCUT2D eigenvalue weighted by Gasteiger charge is 2.50. The zero-order valence-corrected chi connectivity index (χ0v) is 10.4. The first-order valence-electron chi connectivity index (χ1n) is 7.16. The van der Waals surface area contributed by atoms with Crippen molar-refractivity contribution >= 4 is 0 Å². The fourth-order valence-electron chi connectivity index (χ4n) is 5.21. The Kier molecular flexibility index (Phi) is 2.97. The molecule has 0 aliphatic heterocycles. The molecule has 4 rings (SSSR count). The van der Waals surface area contributed by atoms with Gasteiger partial charge in [0.1, 0.15) is 0 Å². The molecule has 2 nitrogen and oxygen atoms in total. The van der Waals surface area contributed by atoms with Crippen LogP contribution in [0.2, 0.25) is 0 Å². The van der Waals surface area contributed by atoms with E-state index in [0.29, 0.717) is 12.6 Å². The summed E-state index contributed by atoms with van der Waals surface area (Å²) in [6.45, 7) is 3.48. The van der Waals surface area contributed by atoms with E-state index in [1.807, 2.05) is 0 Å². The SMILES string of the molecule is CCNC(CO)C1C2CC3CC(C2)CC1C3. The van der Waals surface area contributed by atoms with Crippen molar-refractivity contribution in [2.24, 2.45) is 29.6 Å². The molecule has 92 valence electrons. The first kappa shape index (κ1) is 11.0. The molecule has 0 aromatic rings. The van der Waals surface area contributed by atoms with Crippen LogP contribution in [0, 0.1) is 29.6 Å². The van der Waals surface area contributed by atoms with Crippen LogP contribution in [0.5, 0.6) is 0 Å². The van der Waals surface area contributed by atoms with Crippen molar-refractivity contribution in [3.05, 3.63) is 0 Å². The van der Waals surface area contributed by atoms with Crippen LogP contribution in [0.3, 0.4) is 0 Å². The minimum absolute atomic E-state index is 0.334. The summed E-state index contributed by atoms with van der Waals surface area (Å²) < 4.78 is 0. The predicted molar refractivity (Wildman–Crippen MR) is 65.1 cm³/mol. The Bertz CT molecular complexity index is 222. The molecular formula is C14H25NO. The van der Waals surface area contributed by atoms with E-state index in [9.17, 15) is 5.11 Å². The van der Waals surface area contributed by atoms with Gasteiger partial charge in [-0.05, 0) is 68.2 Å². The highest BCUT2D eigenvalue weighted by atomic mass is 16.3. The quantitative estimate of drug-likeness (QED) is 0.764. The second-order valence-electron chi connectivity index (χ2n) is 6.35. The lowest BCUT2D eigenvalue weighted by Gasteiger charge is -2.56. The van der Waals surface area contributed by atoms with Gasteiger partial charge in [0.2, 0.25) is 0 Å². The molecule has 0 saturated heterocycles. The molecule has 1 unspecified atom stereocenters. The van der Waals surface area contributed by atoms with Gasteiger partial charge in [0.15, 0.2) is 0 Å². The van der Waals surface area contributed by atoms with Crippen molar-refractivity contribution in [3.8, 4) is 0 Å².